The number of ether oxygens (including phenoxy) is 1. The van der Waals surface area contributed by atoms with Crippen LogP contribution in [-0.4, -0.2) is 30.7 Å². The summed E-state index contributed by atoms with van der Waals surface area (Å²) < 4.78 is 6.09. The monoisotopic (exact) mass is 438 g/mol. The molecule has 32 heavy (non-hydrogen) atoms. The second-order valence-electron chi connectivity index (χ2n) is 9.61. The summed E-state index contributed by atoms with van der Waals surface area (Å²) in [4.78, 5) is 19.6. The summed E-state index contributed by atoms with van der Waals surface area (Å²) in [6.07, 6.45) is 9.33. The average molecular weight is 439 g/mol. The van der Waals surface area contributed by atoms with Crippen LogP contribution in [-0.2, 0) is 0 Å². The molecule has 1 unspecified atom stereocenters. The number of nitrogens with one attached hydrogen (secondary N) is 2. The van der Waals surface area contributed by atoms with Gasteiger partial charge in [0.2, 0.25) is 0 Å². The molecule has 2 amide bonds. The first kappa shape index (κ1) is 23.9. The quantitative estimate of drug-likeness (QED) is 0.484. The number of piperidine rings is 1. The van der Waals surface area contributed by atoms with Crippen molar-refractivity contribution in [3.63, 3.8) is 0 Å². The van der Waals surface area contributed by atoms with E-state index in [1.165, 1.54) is 19.3 Å². The van der Waals surface area contributed by atoms with Gasteiger partial charge < -0.3 is 20.3 Å². The van der Waals surface area contributed by atoms with Gasteiger partial charge in [-0.2, -0.15) is 0 Å². The molecule has 174 valence electrons. The number of rotatable bonds is 8. The molecule has 1 aliphatic heterocycles. The van der Waals surface area contributed by atoms with Crippen LogP contribution in [0.3, 0.4) is 0 Å². The lowest BCUT2D eigenvalue weighted by molar-refractivity contribution is 0.229. The summed E-state index contributed by atoms with van der Waals surface area (Å²) in [6.45, 7) is 11.2. The van der Waals surface area contributed by atoms with E-state index < -0.39 is 0 Å². The molecule has 1 fully saturated rings. The highest BCUT2D eigenvalue weighted by atomic mass is 16.5. The van der Waals surface area contributed by atoms with Gasteiger partial charge in [-0.05, 0) is 54.9 Å². The molecule has 0 radical (unpaired) electrons. The van der Waals surface area contributed by atoms with Crippen molar-refractivity contribution in [3.05, 3.63) is 48.3 Å². The lowest BCUT2D eigenvalue weighted by Gasteiger charge is -2.32. The maximum absolute atomic E-state index is 13.0. The molecular formula is C26H38N4O2. The molecule has 0 aliphatic carbocycles. The second-order valence-corrected chi connectivity index (χ2v) is 9.61. The zero-order chi connectivity index (χ0) is 23.0. The standard InChI is InChI=1S/C26H38N4O2/c1-5-6-17-32-23-18-21(30-15-8-7-9-16-30)12-13-22(23)28-25(31)29-24(26(2,3)4)20-11-10-14-27-19-20/h10-14,18-19,24H,5-9,15-17H2,1-4H3,(H2,28,29,31). The van der Waals surface area contributed by atoms with Gasteiger partial charge in [0.1, 0.15) is 5.75 Å². The Morgan fingerprint density at radius 2 is 1.97 bits per heavy atom. The van der Waals surface area contributed by atoms with Crippen LogP contribution >= 0.6 is 0 Å². The van der Waals surface area contributed by atoms with E-state index in [2.05, 4.69) is 60.3 Å². The number of hydrogen-bond acceptors (Lipinski definition) is 4. The van der Waals surface area contributed by atoms with Gasteiger partial charge in [-0.1, -0.05) is 40.2 Å². The maximum atomic E-state index is 13.0. The molecule has 3 rings (SSSR count). The minimum atomic E-state index is -0.250. The Kier molecular flexibility index (Phi) is 8.37. The summed E-state index contributed by atoms with van der Waals surface area (Å²) in [5.41, 5.74) is 2.66. The number of pyridine rings is 1. The lowest BCUT2D eigenvalue weighted by Crippen LogP contribution is -2.39. The maximum Gasteiger partial charge on any atom is 0.319 e. The van der Waals surface area contributed by atoms with Crippen LogP contribution in [0.15, 0.2) is 42.7 Å². The number of benzene rings is 1. The van der Waals surface area contributed by atoms with Crippen LogP contribution in [0, 0.1) is 5.41 Å². The first-order valence-corrected chi connectivity index (χ1v) is 11.9. The Labute approximate surface area is 192 Å². The third-order valence-electron chi connectivity index (χ3n) is 5.85. The second kappa shape index (κ2) is 11.2. The van der Waals surface area contributed by atoms with Gasteiger partial charge in [0.15, 0.2) is 0 Å². The van der Waals surface area contributed by atoms with E-state index in [4.69, 9.17) is 4.74 Å². The van der Waals surface area contributed by atoms with Crippen LogP contribution in [0.5, 0.6) is 5.75 Å². The van der Waals surface area contributed by atoms with Crippen LogP contribution in [0.1, 0.15) is 71.4 Å². The molecule has 0 saturated carbocycles. The Balaban J connectivity index is 1.76. The van der Waals surface area contributed by atoms with E-state index in [-0.39, 0.29) is 17.5 Å². The summed E-state index contributed by atoms with van der Waals surface area (Å²) in [7, 11) is 0. The Morgan fingerprint density at radius 3 is 2.62 bits per heavy atom. The zero-order valence-electron chi connectivity index (χ0n) is 20.0. The van der Waals surface area contributed by atoms with Crippen LogP contribution < -0.4 is 20.3 Å². The number of unbranched alkanes of at least 4 members (excludes halogenated alkanes) is 1. The summed E-state index contributed by atoms with van der Waals surface area (Å²) in [5, 5.41) is 6.16. The van der Waals surface area contributed by atoms with Crippen molar-refractivity contribution in [1.82, 2.24) is 10.3 Å². The van der Waals surface area contributed by atoms with E-state index in [0.29, 0.717) is 12.3 Å². The van der Waals surface area contributed by atoms with Gasteiger partial charge in [0, 0.05) is 37.2 Å². The Morgan fingerprint density at radius 1 is 1.19 bits per heavy atom. The minimum Gasteiger partial charge on any atom is -0.491 e. The number of nitrogens with zero attached hydrogens (tertiary/aromatic N) is 2. The van der Waals surface area contributed by atoms with Crippen molar-refractivity contribution in [2.75, 3.05) is 29.9 Å². The highest BCUT2D eigenvalue weighted by molar-refractivity contribution is 5.91. The smallest absolute Gasteiger partial charge is 0.319 e. The molecule has 1 aliphatic rings. The van der Waals surface area contributed by atoms with E-state index >= 15 is 0 Å². The molecule has 6 nitrogen and oxygen atoms in total. The zero-order valence-corrected chi connectivity index (χ0v) is 20.0. The number of aromatic nitrogens is 1. The molecule has 2 heterocycles. The van der Waals surface area contributed by atoms with Crippen molar-refractivity contribution >= 4 is 17.4 Å². The van der Waals surface area contributed by atoms with E-state index in [1.54, 1.807) is 6.20 Å². The van der Waals surface area contributed by atoms with Crippen molar-refractivity contribution < 1.29 is 9.53 Å². The van der Waals surface area contributed by atoms with Crippen LogP contribution in [0.2, 0.25) is 0 Å². The molecule has 0 bridgehead atoms. The molecule has 2 aromatic rings. The van der Waals surface area contributed by atoms with Crippen molar-refractivity contribution in [2.24, 2.45) is 5.41 Å². The minimum absolute atomic E-state index is 0.168. The van der Waals surface area contributed by atoms with Crippen molar-refractivity contribution in [1.29, 1.82) is 0 Å². The summed E-state index contributed by atoms with van der Waals surface area (Å²) in [5.74, 6) is 0.727. The third kappa shape index (κ3) is 6.62. The molecule has 6 heteroatoms. The number of carbonyl (C=O) groups excluding carboxylic acids is 1. The third-order valence-corrected chi connectivity index (χ3v) is 5.85. The van der Waals surface area contributed by atoms with E-state index in [0.717, 1.165) is 42.9 Å². The predicted molar refractivity (Wildman–Crippen MR) is 131 cm³/mol. The molecular weight excluding hydrogens is 400 g/mol. The molecule has 1 aromatic carbocycles. The van der Waals surface area contributed by atoms with Gasteiger partial charge in [-0.25, -0.2) is 4.79 Å². The van der Waals surface area contributed by atoms with Crippen molar-refractivity contribution in [2.45, 2.75) is 65.8 Å². The topological polar surface area (TPSA) is 66.5 Å². The summed E-state index contributed by atoms with van der Waals surface area (Å²) in [6, 6.07) is 9.58. The number of hydrogen-bond donors (Lipinski definition) is 2. The average Bonchev–Trinajstić information content (AvgIpc) is 2.79. The number of urea groups is 1. The molecule has 0 spiro atoms. The van der Waals surface area contributed by atoms with Gasteiger partial charge in [-0.3, -0.25) is 4.98 Å². The highest BCUT2D eigenvalue weighted by Crippen LogP contribution is 2.34. The number of carbonyl (C=O) groups is 1. The first-order chi connectivity index (χ1) is 15.4. The Hall–Kier alpha value is -2.76. The summed E-state index contributed by atoms with van der Waals surface area (Å²) >= 11 is 0. The van der Waals surface area contributed by atoms with Crippen molar-refractivity contribution in [3.8, 4) is 5.75 Å². The fourth-order valence-corrected chi connectivity index (χ4v) is 4.05. The predicted octanol–water partition coefficient (Wildman–Crippen LogP) is 6.16. The fraction of sp³-hybridized carbons (Fsp3) is 0.538. The lowest BCUT2D eigenvalue weighted by atomic mass is 9.83. The number of amides is 2. The fourth-order valence-electron chi connectivity index (χ4n) is 4.05. The molecule has 1 saturated heterocycles. The van der Waals surface area contributed by atoms with Gasteiger partial charge >= 0.3 is 6.03 Å². The first-order valence-electron chi connectivity index (χ1n) is 11.9. The van der Waals surface area contributed by atoms with E-state index in [1.807, 2.05) is 24.4 Å². The normalized spacial score (nSPS) is 15.2. The highest BCUT2D eigenvalue weighted by Gasteiger charge is 2.28. The SMILES string of the molecule is CCCCOc1cc(N2CCCCC2)ccc1NC(=O)NC(c1cccnc1)C(C)(C)C. The molecule has 2 N–H and O–H groups in total. The Bertz CT molecular complexity index is 858. The molecule has 1 aromatic heterocycles. The molecule has 1 atom stereocenters. The van der Waals surface area contributed by atoms with Crippen LogP contribution in [0.25, 0.3) is 0 Å². The van der Waals surface area contributed by atoms with Gasteiger partial charge in [0.05, 0.1) is 18.3 Å². The van der Waals surface area contributed by atoms with Gasteiger partial charge in [0.25, 0.3) is 0 Å². The van der Waals surface area contributed by atoms with E-state index in [9.17, 15) is 4.79 Å². The van der Waals surface area contributed by atoms with Crippen LogP contribution in [0.4, 0.5) is 16.2 Å². The van der Waals surface area contributed by atoms with Gasteiger partial charge in [-0.15, -0.1) is 0 Å². The largest absolute Gasteiger partial charge is 0.491 e. The number of anilines is 2.